The van der Waals surface area contributed by atoms with Gasteiger partial charge in [-0.3, -0.25) is 0 Å². The quantitative estimate of drug-likeness (QED) is 0.135. The molecule has 6 heteroatoms. The predicted molar refractivity (Wildman–Crippen MR) is 272 cm³/mol. The normalized spacial score (nSPS) is 12.6. The number of nitrogens with zero attached hydrogens (tertiary/aromatic N) is 4. The van der Waals surface area contributed by atoms with Crippen molar-refractivity contribution in [2.45, 2.75) is 45.4 Å². The summed E-state index contributed by atoms with van der Waals surface area (Å²) >= 11 is 0. The number of aromatic nitrogens is 2. The Hall–Kier alpha value is -7.20. The van der Waals surface area contributed by atoms with Gasteiger partial charge in [-0.15, -0.1) is 48.1 Å². The molecule has 67 heavy (non-hydrogen) atoms. The van der Waals surface area contributed by atoms with Crippen molar-refractivity contribution < 1.29 is 25.8 Å². The largest absolute Gasteiger partial charge is 0.509 e. The summed E-state index contributed by atoms with van der Waals surface area (Å²) in [5, 5.41) is 2.19. The number of benzene rings is 8. The second-order valence-corrected chi connectivity index (χ2v) is 18.6. The van der Waals surface area contributed by atoms with E-state index in [1.165, 1.54) is 27.8 Å². The number of hydrogen-bond acceptors (Lipinski definition) is 4. The van der Waals surface area contributed by atoms with Crippen LogP contribution in [-0.4, -0.2) is 9.55 Å². The molecule has 0 saturated carbocycles. The molecule has 0 amide bonds. The molecule has 0 N–H and O–H groups in total. The molecule has 0 bridgehead atoms. The van der Waals surface area contributed by atoms with Crippen molar-refractivity contribution in [3.05, 3.63) is 236 Å². The summed E-state index contributed by atoms with van der Waals surface area (Å²) in [7, 11) is 0. The Morgan fingerprint density at radius 1 is 0.507 bits per heavy atom. The Balaban J connectivity index is 0.00000525. The van der Waals surface area contributed by atoms with Crippen molar-refractivity contribution in [3.8, 4) is 39.6 Å². The van der Waals surface area contributed by atoms with Crippen molar-refractivity contribution in [1.29, 1.82) is 0 Å². The minimum atomic E-state index is -0.327. The molecule has 10 aromatic rings. The van der Waals surface area contributed by atoms with E-state index in [0.717, 1.165) is 61.5 Å². The van der Waals surface area contributed by atoms with E-state index in [4.69, 9.17) is 9.72 Å². The van der Waals surface area contributed by atoms with Crippen molar-refractivity contribution in [1.82, 2.24) is 9.55 Å². The molecule has 0 fully saturated rings. The zero-order valence-corrected chi connectivity index (χ0v) is 40.4. The maximum absolute atomic E-state index is 6.72. The number of para-hydroxylation sites is 3. The van der Waals surface area contributed by atoms with Crippen LogP contribution in [0.5, 0.6) is 11.5 Å². The van der Waals surface area contributed by atoms with E-state index in [-0.39, 0.29) is 31.9 Å². The monoisotopic (exact) mass is 1050 g/mol. The number of rotatable bonds is 9. The van der Waals surface area contributed by atoms with Gasteiger partial charge in [0, 0.05) is 77.9 Å². The van der Waals surface area contributed by atoms with Crippen LogP contribution in [0.3, 0.4) is 0 Å². The molecule has 5 nitrogen and oxygen atoms in total. The van der Waals surface area contributed by atoms with Crippen LogP contribution in [0.15, 0.2) is 200 Å². The van der Waals surface area contributed by atoms with Gasteiger partial charge in [0.25, 0.3) is 0 Å². The topological polar surface area (TPSA) is 33.5 Å². The van der Waals surface area contributed by atoms with Gasteiger partial charge in [0.05, 0.1) is 0 Å². The molecular formula is C61H49N4OPt-3. The molecule has 2 aromatic heterocycles. The van der Waals surface area contributed by atoms with E-state index < -0.39 is 0 Å². The van der Waals surface area contributed by atoms with Gasteiger partial charge in [0.15, 0.2) is 0 Å². The average Bonchev–Trinajstić information content (AvgIpc) is 3.90. The Morgan fingerprint density at radius 2 is 1.13 bits per heavy atom. The zero-order valence-electron chi connectivity index (χ0n) is 38.1. The Morgan fingerprint density at radius 3 is 1.85 bits per heavy atom. The molecule has 0 unspecified atom stereocenters. The van der Waals surface area contributed by atoms with Crippen LogP contribution >= 0.6 is 0 Å². The fourth-order valence-corrected chi connectivity index (χ4v) is 9.42. The van der Waals surface area contributed by atoms with Crippen LogP contribution in [-0.2, 0) is 31.9 Å². The maximum Gasteiger partial charge on any atom is 0.135 e. The number of fused-ring (bicyclic) bond motifs is 4. The van der Waals surface area contributed by atoms with E-state index >= 15 is 0 Å². The third-order valence-electron chi connectivity index (χ3n) is 13.0. The molecule has 8 aromatic carbocycles. The van der Waals surface area contributed by atoms with E-state index in [1.807, 2.05) is 24.4 Å². The van der Waals surface area contributed by atoms with Crippen LogP contribution < -0.4 is 14.5 Å². The summed E-state index contributed by atoms with van der Waals surface area (Å²) < 4.78 is 8.94. The minimum Gasteiger partial charge on any atom is -0.509 e. The number of ether oxygens (including phenoxy) is 1. The second kappa shape index (κ2) is 17.5. The Labute approximate surface area is 408 Å². The molecule has 0 atom stereocenters. The van der Waals surface area contributed by atoms with Gasteiger partial charge in [0.2, 0.25) is 0 Å². The Bertz CT molecular complexity index is 3390. The first-order valence-corrected chi connectivity index (χ1v) is 22.6. The second-order valence-electron chi connectivity index (χ2n) is 18.6. The maximum atomic E-state index is 6.72. The molecule has 1 aliphatic rings. The molecule has 11 rings (SSSR count). The molecule has 0 spiro atoms. The van der Waals surface area contributed by atoms with Crippen molar-refractivity contribution >= 4 is 44.6 Å². The molecule has 0 saturated heterocycles. The third-order valence-corrected chi connectivity index (χ3v) is 13.0. The summed E-state index contributed by atoms with van der Waals surface area (Å²) in [5.74, 6) is 2.00. The Kier molecular flexibility index (Phi) is 11.4. The molecule has 332 valence electrons. The molecule has 1 aliphatic heterocycles. The zero-order chi connectivity index (χ0) is 45.0. The van der Waals surface area contributed by atoms with Gasteiger partial charge < -0.3 is 19.1 Å². The van der Waals surface area contributed by atoms with Crippen molar-refractivity contribution in [2.75, 3.05) is 9.80 Å². The number of hydrogen-bond donors (Lipinski definition) is 0. The van der Waals surface area contributed by atoms with Gasteiger partial charge in [-0.1, -0.05) is 174 Å². The molecular weight excluding hydrogens is 1000 g/mol. The molecule has 0 radical (unpaired) electrons. The van der Waals surface area contributed by atoms with Crippen LogP contribution in [0.1, 0.15) is 51.3 Å². The smallest absolute Gasteiger partial charge is 0.135 e. The minimum absolute atomic E-state index is 0. The predicted octanol–water partition coefficient (Wildman–Crippen LogP) is 15.9. The first-order chi connectivity index (χ1) is 32.1. The van der Waals surface area contributed by atoms with Crippen LogP contribution in [0.2, 0.25) is 0 Å². The van der Waals surface area contributed by atoms with E-state index in [0.29, 0.717) is 11.5 Å². The fourth-order valence-electron chi connectivity index (χ4n) is 9.42. The van der Waals surface area contributed by atoms with Gasteiger partial charge >= 0.3 is 0 Å². The molecule has 0 aliphatic carbocycles. The van der Waals surface area contributed by atoms with Gasteiger partial charge in [-0.05, 0) is 69.0 Å². The summed E-state index contributed by atoms with van der Waals surface area (Å²) in [4.78, 5) is 9.71. The summed E-state index contributed by atoms with van der Waals surface area (Å²) in [6.07, 6.45) is 2.03. The van der Waals surface area contributed by atoms with Crippen LogP contribution in [0, 0.1) is 18.8 Å². The third kappa shape index (κ3) is 8.02. The van der Waals surface area contributed by atoms with Crippen molar-refractivity contribution in [2.24, 2.45) is 0 Å². The standard InChI is InChI=1S/C61H49N4O.Pt/c1-60(2,3)45-32-34-49(42-20-9-6-10-21-42)57(36-45)64-41-63(55-30-17-18-31-56(55)64)46-26-19-27-47(37-46)66-48-33-35-51-50-28-15-16-29-54(50)65(58(51)38-48)59-39-53(61(4,5)44-24-13-8-14-25-44)52(40-62-59)43-22-11-7-12-23-43;/h6-36,39-41H,1-5H3;/q-3;. The van der Waals surface area contributed by atoms with Gasteiger partial charge in [-0.25, -0.2) is 4.98 Å². The van der Waals surface area contributed by atoms with E-state index in [1.54, 1.807) is 0 Å². The summed E-state index contributed by atoms with van der Waals surface area (Å²) in [6.45, 7) is 13.6. The fraction of sp³-hybridized carbons (Fsp3) is 0.115. The van der Waals surface area contributed by atoms with Crippen LogP contribution in [0.4, 0.5) is 22.7 Å². The summed E-state index contributed by atoms with van der Waals surface area (Å²) in [5.41, 5.74) is 14.0. The molecule has 3 heterocycles. The average molecular weight is 1050 g/mol. The number of pyridine rings is 1. The SMILES string of the molecule is CC(C)(C)c1ccc(-c2ccccc2)c(N2[CH-]N(c3[c-]c(Oc4[c-]c5c(cc4)c4ccccc4n5-c4cc(C(C)(C)c5ccccc5)c(-c5ccccc5)cn4)ccc3)c3ccccc32)c1.[Pt]. The van der Waals surface area contributed by atoms with Gasteiger partial charge in [0.1, 0.15) is 5.82 Å². The van der Waals surface area contributed by atoms with E-state index in [2.05, 4.69) is 244 Å². The van der Waals surface area contributed by atoms with Crippen LogP contribution in [0.25, 0.3) is 49.9 Å². The number of anilines is 4. The first-order valence-electron chi connectivity index (χ1n) is 22.6. The summed E-state index contributed by atoms with van der Waals surface area (Å²) in [6, 6.07) is 75.6. The van der Waals surface area contributed by atoms with E-state index in [9.17, 15) is 0 Å². The van der Waals surface area contributed by atoms with Gasteiger partial charge in [-0.2, -0.15) is 12.1 Å². The van der Waals surface area contributed by atoms with Crippen molar-refractivity contribution in [3.63, 3.8) is 0 Å². The first kappa shape index (κ1) is 43.7.